The van der Waals surface area contributed by atoms with E-state index >= 15 is 0 Å². The van der Waals surface area contributed by atoms with Gasteiger partial charge >= 0.3 is 0 Å². The van der Waals surface area contributed by atoms with Crippen LogP contribution in [0.1, 0.15) is 21.5 Å². The minimum Gasteiger partial charge on any atom is -0.361 e. The van der Waals surface area contributed by atoms with E-state index in [1.165, 1.54) is 5.56 Å². The Kier molecular flexibility index (Phi) is 4.97. The molecule has 0 saturated heterocycles. The highest BCUT2D eigenvalue weighted by Crippen LogP contribution is 2.20. The van der Waals surface area contributed by atoms with E-state index in [9.17, 15) is 4.79 Å². The third kappa shape index (κ3) is 3.90. The molecule has 0 bridgehead atoms. The lowest BCUT2D eigenvalue weighted by Crippen LogP contribution is -2.32. The van der Waals surface area contributed by atoms with Crippen molar-refractivity contribution < 1.29 is 4.79 Å². The lowest BCUT2D eigenvalue weighted by Gasteiger charge is -2.23. The summed E-state index contributed by atoms with van der Waals surface area (Å²) >= 11 is 0. The zero-order chi connectivity index (χ0) is 18.5. The average Bonchev–Trinajstić information content (AvgIpc) is 3.21. The first kappa shape index (κ1) is 17.0. The topological polar surface area (TPSA) is 49.0 Å². The molecule has 0 fully saturated rings. The molecule has 0 unspecified atom stereocenters. The van der Waals surface area contributed by atoms with Crippen molar-refractivity contribution in [3.8, 4) is 0 Å². The fourth-order valence-corrected chi connectivity index (χ4v) is 3.31. The number of amides is 1. The standard InChI is InChI=1S/C23H21N3O/c27-23(21-7-4-8-22-20(21)11-15-25-22)26(17-19-9-13-24-14-10-19)16-12-18-5-2-1-3-6-18/h1-11,13-15,25H,12,16-17H2. The van der Waals surface area contributed by atoms with Crippen molar-refractivity contribution in [2.24, 2.45) is 0 Å². The molecular weight excluding hydrogens is 334 g/mol. The van der Waals surface area contributed by atoms with Crippen LogP contribution in [0, 0.1) is 0 Å². The molecule has 2 aromatic heterocycles. The molecule has 0 aliphatic carbocycles. The van der Waals surface area contributed by atoms with E-state index in [1.807, 2.05) is 65.7 Å². The monoisotopic (exact) mass is 355 g/mol. The molecule has 0 atom stereocenters. The second-order valence-electron chi connectivity index (χ2n) is 6.56. The summed E-state index contributed by atoms with van der Waals surface area (Å²) < 4.78 is 0. The van der Waals surface area contributed by atoms with Crippen LogP contribution in [0.15, 0.2) is 85.3 Å². The summed E-state index contributed by atoms with van der Waals surface area (Å²) in [5.41, 5.74) is 4.01. The highest BCUT2D eigenvalue weighted by atomic mass is 16.2. The van der Waals surface area contributed by atoms with Gasteiger partial charge < -0.3 is 9.88 Å². The Bertz CT molecular complexity index is 1030. The van der Waals surface area contributed by atoms with Gasteiger partial charge in [0.05, 0.1) is 0 Å². The van der Waals surface area contributed by atoms with Gasteiger partial charge in [-0.2, -0.15) is 0 Å². The van der Waals surface area contributed by atoms with Crippen molar-refractivity contribution in [1.29, 1.82) is 0 Å². The molecule has 0 aliphatic heterocycles. The van der Waals surface area contributed by atoms with Crippen LogP contribution in [0.4, 0.5) is 0 Å². The molecule has 4 heteroatoms. The number of carbonyl (C=O) groups excluding carboxylic acids is 1. The van der Waals surface area contributed by atoms with E-state index < -0.39 is 0 Å². The number of benzene rings is 2. The van der Waals surface area contributed by atoms with Crippen LogP contribution in [0.3, 0.4) is 0 Å². The quantitative estimate of drug-likeness (QED) is 0.555. The van der Waals surface area contributed by atoms with E-state index in [0.717, 1.165) is 28.5 Å². The number of carbonyl (C=O) groups is 1. The number of hydrogen-bond acceptors (Lipinski definition) is 2. The summed E-state index contributed by atoms with van der Waals surface area (Å²) in [6.45, 7) is 1.22. The van der Waals surface area contributed by atoms with Gasteiger partial charge in [0.15, 0.2) is 0 Å². The van der Waals surface area contributed by atoms with E-state index in [2.05, 4.69) is 22.1 Å². The average molecular weight is 355 g/mol. The van der Waals surface area contributed by atoms with Crippen molar-refractivity contribution in [2.45, 2.75) is 13.0 Å². The smallest absolute Gasteiger partial charge is 0.254 e. The van der Waals surface area contributed by atoms with E-state index in [-0.39, 0.29) is 5.91 Å². The summed E-state index contributed by atoms with van der Waals surface area (Å²) in [6, 6.07) is 22.0. The SMILES string of the molecule is O=C(c1cccc2[nH]ccc12)N(CCc1ccccc1)Cc1ccncc1. The number of hydrogen-bond donors (Lipinski definition) is 1. The Morgan fingerprint density at radius 1 is 0.889 bits per heavy atom. The second kappa shape index (κ2) is 7.87. The number of nitrogens with one attached hydrogen (secondary N) is 1. The van der Waals surface area contributed by atoms with E-state index in [4.69, 9.17) is 0 Å². The van der Waals surface area contributed by atoms with Crippen LogP contribution < -0.4 is 0 Å². The molecular formula is C23H21N3O. The maximum absolute atomic E-state index is 13.4. The van der Waals surface area contributed by atoms with Crippen molar-refractivity contribution in [3.05, 3.63) is 102 Å². The number of aromatic amines is 1. The molecule has 1 N–H and O–H groups in total. The number of rotatable bonds is 6. The van der Waals surface area contributed by atoms with Gasteiger partial charge in [-0.05, 0) is 47.9 Å². The summed E-state index contributed by atoms with van der Waals surface area (Å²) in [4.78, 5) is 22.6. The maximum atomic E-state index is 13.4. The van der Waals surface area contributed by atoms with Gasteiger partial charge in [0, 0.05) is 48.1 Å². The molecule has 0 spiro atoms. The normalized spacial score (nSPS) is 10.8. The Balaban J connectivity index is 1.61. The number of fused-ring (bicyclic) bond motifs is 1. The Morgan fingerprint density at radius 3 is 2.52 bits per heavy atom. The largest absolute Gasteiger partial charge is 0.361 e. The van der Waals surface area contributed by atoms with E-state index in [1.54, 1.807) is 12.4 Å². The van der Waals surface area contributed by atoms with Gasteiger partial charge in [-0.25, -0.2) is 0 Å². The number of pyridine rings is 1. The van der Waals surface area contributed by atoms with Crippen LogP contribution in [0.2, 0.25) is 0 Å². The maximum Gasteiger partial charge on any atom is 0.254 e. The summed E-state index contributed by atoms with van der Waals surface area (Å²) in [6.07, 6.45) is 6.23. The zero-order valence-corrected chi connectivity index (χ0v) is 15.0. The number of H-pyrrole nitrogens is 1. The molecule has 2 aromatic carbocycles. The first-order valence-corrected chi connectivity index (χ1v) is 9.09. The van der Waals surface area contributed by atoms with Gasteiger partial charge in [0.1, 0.15) is 0 Å². The van der Waals surface area contributed by atoms with Crippen molar-refractivity contribution in [1.82, 2.24) is 14.9 Å². The molecule has 27 heavy (non-hydrogen) atoms. The van der Waals surface area contributed by atoms with Gasteiger partial charge in [-0.1, -0.05) is 36.4 Å². The Morgan fingerprint density at radius 2 is 1.70 bits per heavy atom. The molecule has 0 radical (unpaired) electrons. The molecule has 4 rings (SSSR count). The second-order valence-corrected chi connectivity index (χ2v) is 6.56. The lowest BCUT2D eigenvalue weighted by molar-refractivity contribution is 0.0747. The predicted octanol–water partition coefficient (Wildman–Crippen LogP) is 4.45. The summed E-state index contributed by atoms with van der Waals surface area (Å²) in [7, 11) is 0. The van der Waals surface area contributed by atoms with Gasteiger partial charge in [0.2, 0.25) is 0 Å². The van der Waals surface area contributed by atoms with Crippen molar-refractivity contribution in [3.63, 3.8) is 0 Å². The minimum absolute atomic E-state index is 0.0490. The third-order valence-electron chi connectivity index (χ3n) is 4.75. The van der Waals surface area contributed by atoms with Gasteiger partial charge in [-0.15, -0.1) is 0 Å². The fraction of sp³-hybridized carbons (Fsp3) is 0.130. The number of aromatic nitrogens is 2. The highest BCUT2D eigenvalue weighted by Gasteiger charge is 2.18. The van der Waals surface area contributed by atoms with Crippen molar-refractivity contribution >= 4 is 16.8 Å². The molecule has 2 heterocycles. The van der Waals surface area contributed by atoms with Gasteiger partial charge in [-0.3, -0.25) is 9.78 Å². The Hall–Kier alpha value is -3.40. The van der Waals surface area contributed by atoms with E-state index in [0.29, 0.717) is 13.1 Å². The summed E-state index contributed by atoms with van der Waals surface area (Å²) in [5.74, 6) is 0.0490. The molecule has 0 saturated carbocycles. The minimum atomic E-state index is 0.0490. The zero-order valence-electron chi connectivity index (χ0n) is 15.0. The third-order valence-corrected chi connectivity index (χ3v) is 4.75. The predicted molar refractivity (Wildman–Crippen MR) is 107 cm³/mol. The van der Waals surface area contributed by atoms with Crippen molar-refractivity contribution in [2.75, 3.05) is 6.54 Å². The molecule has 4 aromatic rings. The highest BCUT2D eigenvalue weighted by molar-refractivity contribution is 6.06. The Labute approximate surface area is 158 Å². The first-order chi connectivity index (χ1) is 13.3. The van der Waals surface area contributed by atoms with Crippen LogP contribution in [0.25, 0.3) is 10.9 Å². The van der Waals surface area contributed by atoms with Crippen LogP contribution in [-0.2, 0) is 13.0 Å². The molecule has 1 amide bonds. The first-order valence-electron chi connectivity index (χ1n) is 9.09. The molecule has 4 nitrogen and oxygen atoms in total. The molecule has 0 aliphatic rings. The molecule has 134 valence electrons. The van der Waals surface area contributed by atoms with Crippen LogP contribution >= 0.6 is 0 Å². The fourth-order valence-electron chi connectivity index (χ4n) is 3.31. The van der Waals surface area contributed by atoms with Crippen LogP contribution in [0.5, 0.6) is 0 Å². The van der Waals surface area contributed by atoms with Crippen LogP contribution in [-0.4, -0.2) is 27.3 Å². The van der Waals surface area contributed by atoms with Gasteiger partial charge in [0.25, 0.3) is 5.91 Å². The lowest BCUT2D eigenvalue weighted by atomic mass is 10.1. The number of nitrogens with zero attached hydrogens (tertiary/aromatic N) is 2. The summed E-state index contributed by atoms with van der Waals surface area (Å²) in [5, 5.41) is 0.960.